The molecule has 4 aliphatic carbocycles. The van der Waals surface area contributed by atoms with Gasteiger partial charge in [0.1, 0.15) is 12.7 Å². The molecule has 140 valence electrons. The second kappa shape index (κ2) is 5.65. The number of rotatable bonds is 4. The van der Waals surface area contributed by atoms with Gasteiger partial charge in [0.25, 0.3) is 0 Å². The minimum absolute atomic E-state index is 0.0756. The Bertz CT molecular complexity index is 876. The van der Waals surface area contributed by atoms with Crippen molar-refractivity contribution in [1.29, 1.82) is 0 Å². The van der Waals surface area contributed by atoms with Crippen molar-refractivity contribution in [3.05, 3.63) is 42.5 Å². The molecule has 1 heterocycles. The van der Waals surface area contributed by atoms with Crippen LogP contribution in [0.15, 0.2) is 36.9 Å². The van der Waals surface area contributed by atoms with Crippen LogP contribution in [0.1, 0.15) is 48.9 Å². The molecule has 4 fully saturated rings. The summed E-state index contributed by atoms with van der Waals surface area (Å²) in [7, 11) is 0. The van der Waals surface area contributed by atoms with E-state index in [1.165, 1.54) is 6.42 Å². The van der Waals surface area contributed by atoms with Crippen LogP contribution in [-0.4, -0.2) is 26.6 Å². The number of benzene rings is 1. The summed E-state index contributed by atoms with van der Waals surface area (Å²) in [4.78, 5) is 28.7. The molecule has 0 saturated heterocycles. The van der Waals surface area contributed by atoms with Gasteiger partial charge in [0.15, 0.2) is 0 Å². The van der Waals surface area contributed by atoms with E-state index in [4.69, 9.17) is 5.73 Å². The van der Waals surface area contributed by atoms with Crippen molar-refractivity contribution in [2.45, 2.75) is 44.1 Å². The summed E-state index contributed by atoms with van der Waals surface area (Å²) < 4.78 is 2.01. The summed E-state index contributed by atoms with van der Waals surface area (Å²) in [5.74, 6) is 0.758. The second-order valence-corrected chi connectivity index (χ2v) is 8.70. The molecule has 7 heteroatoms. The number of hydrogen-bond acceptors (Lipinski definition) is 4. The molecule has 4 bridgehead atoms. The molecule has 4 saturated carbocycles. The van der Waals surface area contributed by atoms with Crippen LogP contribution in [0, 0.1) is 17.3 Å². The van der Waals surface area contributed by atoms with Gasteiger partial charge in [-0.15, -0.1) is 0 Å². The minimum Gasteiger partial charge on any atom is -0.366 e. The molecule has 6 rings (SSSR count). The van der Waals surface area contributed by atoms with Crippen molar-refractivity contribution in [3.8, 4) is 0 Å². The van der Waals surface area contributed by atoms with Crippen LogP contribution < -0.4 is 11.1 Å². The normalized spacial score (nSPS) is 33.8. The zero-order valence-corrected chi connectivity index (χ0v) is 15.1. The predicted octanol–water partition coefficient (Wildman–Crippen LogP) is 2.31. The number of nitrogens with two attached hydrogens (primary N) is 1. The number of hydrogen-bond donors (Lipinski definition) is 2. The number of nitrogens with zero attached hydrogens (tertiary/aromatic N) is 3. The number of anilines is 1. The van der Waals surface area contributed by atoms with Crippen molar-refractivity contribution < 1.29 is 9.59 Å². The maximum atomic E-state index is 13.3. The van der Waals surface area contributed by atoms with Crippen LogP contribution in [0.4, 0.5) is 5.69 Å². The van der Waals surface area contributed by atoms with Gasteiger partial charge in [-0.1, -0.05) is 0 Å². The number of primary amides is 1. The lowest BCUT2D eigenvalue weighted by Gasteiger charge is -2.60. The Hall–Kier alpha value is -2.70. The molecule has 0 spiro atoms. The van der Waals surface area contributed by atoms with E-state index >= 15 is 0 Å². The molecule has 4 aliphatic rings. The molecular formula is C20H23N5O2. The van der Waals surface area contributed by atoms with E-state index < -0.39 is 5.91 Å². The SMILES string of the molecule is NC(=O)c1ccc(NC(=O)C23CC4CC(C2)CC(n2cncn2)(C4)C3)cc1. The van der Waals surface area contributed by atoms with Crippen molar-refractivity contribution >= 4 is 17.5 Å². The number of carbonyl (C=O) groups excluding carboxylic acids is 2. The Morgan fingerprint density at radius 2 is 1.81 bits per heavy atom. The van der Waals surface area contributed by atoms with Gasteiger partial charge in [-0.25, -0.2) is 9.67 Å². The molecule has 1 aromatic carbocycles. The first kappa shape index (κ1) is 16.5. The monoisotopic (exact) mass is 365 g/mol. The highest BCUT2D eigenvalue weighted by molar-refractivity contribution is 5.97. The summed E-state index contributed by atoms with van der Waals surface area (Å²) in [6, 6.07) is 6.78. The van der Waals surface area contributed by atoms with Crippen LogP contribution in [-0.2, 0) is 10.3 Å². The molecule has 0 aliphatic heterocycles. The summed E-state index contributed by atoms with van der Waals surface area (Å²) in [6.07, 6.45) is 9.52. The van der Waals surface area contributed by atoms with E-state index in [1.54, 1.807) is 36.9 Å². The average molecular weight is 365 g/mol. The smallest absolute Gasteiger partial charge is 0.248 e. The maximum Gasteiger partial charge on any atom is 0.248 e. The molecule has 3 N–H and O–H groups in total. The van der Waals surface area contributed by atoms with E-state index in [9.17, 15) is 9.59 Å². The third kappa shape index (κ3) is 2.56. The van der Waals surface area contributed by atoms with Crippen LogP contribution >= 0.6 is 0 Å². The molecule has 2 unspecified atom stereocenters. The highest BCUT2D eigenvalue weighted by atomic mass is 16.2. The molecule has 1 aromatic heterocycles. The fraction of sp³-hybridized carbons (Fsp3) is 0.500. The fourth-order valence-corrected chi connectivity index (χ4v) is 6.18. The fourth-order valence-electron chi connectivity index (χ4n) is 6.18. The molecule has 27 heavy (non-hydrogen) atoms. The third-order valence-electron chi connectivity index (χ3n) is 6.84. The third-order valence-corrected chi connectivity index (χ3v) is 6.84. The Morgan fingerprint density at radius 1 is 1.11 bits per heavy atom. The van der Waals surface area contributed by atoms with Gasteiger partial charge in [-0.2, -0.15) is 5.10 Å². The molecule has 2 atom stereocenters. The number of aromatic nitrogens is 3. The van der Waals surface area contributed by atoms with Gasteiger partial charge >= 0.3 is 0 Å². The molecule has 7 nitrogen and oxygen atoms in total. The summed E-state index contributed by atoms with van der Waals surface area (Å²) in [5.41, 5.74) is 6.01. The number of amides is 2. The zero-order valence-electron chi connectivity index (χ0n) is 15.1. The molecule has 0 radical (unpaired) electrons. The Morgan fingerprint density at radius 3 is 2.41 bits per heavy atom. The van der Waals surface area contributed by atoms with E-state index in [2.05, 4.69) is 15.4 Å². The standard InChI is InChI=1S/C20H23N5O2/c21-17(26)15-1-3-16(4-2-15)24-18(27)19-6-13-5-14(7-19)9-20(8-13,10-19)25-12-22-11-23-25/h1-4,11-14H,5-10H2,(H2,21,26)(H,24,27). The van der Waals surface area contributed by atoms with Crippen molar-refractivity contribution in [3.63, 3.8) is 0 Å². The van der Waals surface area contributed by atoms with Gasteiger partial charge in [-0.05, 0) is 74.6 Å². The van der Waals surface area contributed by atoms with Gasteiger partial charge in [0.2, 0.25) is 11.8 Å². The predicted molar refractivity (Wildman–Crippen MR) is 98.7 cm³/mol. The lowest BCUT2D eigenvalue weighted by molar-refractivity contribution is -0.150. The molecular weight excluding hydrogens is 342 g/mol. The van der Waals surface area contributed by atoms with E-state index in [0.717, 1.165) is 32.1 Å². The van der Waals surface area contributed by atoms with E-state index in [0.29, 0.717) is 23.1 Å². The highest BCUT2D eigenvalue weighted by Gasteiger charge is 2.61. The highest BCUT2D eigenvalue weighted by Crippen LogP contribution is 2.64. The largest absolute Gasteiger partial charge is 0.366 e. The topological polar surface area (TPSA) is 103 Å². The Labute approximate surface area is 157 Å². The van der Waals surface area contributed by atoms with Crippen molar-refractivity contribution in [2.75, 3.05) is 5.32 Å². The maximum absolute atomic E-state index is 13.3. The zero-order chi connectivity index (χ0) is 18.6. The first-order chi connectivity index (χ1) is 13.0. The van der Waals surface area contributed by atoms with Gasteiger partial charge < -0.3 is 11.1 Å². The Balaban J connectivity index is 1.42. The summed E-state index contributed by atoms with van der Waals surface area (Å²) in [6.45, 7) is 0. The van der Waals surface area contributed by atoms with E-state index in [1.807, 2.05) is 4.68 Å². The number of nitrogens with one attached hydrogen (secondary N) is 1. The van der Waals surface area contributed by atoms with Crippen LogP contribution in [0.25, 0.3) is 0 Å². The lowest BCUT2D eigenvalue weighted by atomic mass is 9.46. The first-order valence-electron chi connectivity index (χ1n) is 9.55. The second-order valence-electron chi connectivity index (χ2n) is 8.70. The molecule has 2 aromatic rings. The first-order valence-corrected chi connectivity index (χ1v) is 9.55. The lowest BCUT2D eigenvalue weighted by Crippen LogP contribution is -2.60. The van der Waals surface area contributed by atoms with Crippen molar-refractivity contribution in [1.82, 2.24) is 14.8 Å². The summed E-state index contributed by atoms with van der Waals surface area (Å²) in [5, 5.41) is 7.53. The molecule has 2 amide bonds. The van der Waals surface area contributed by atoms with Crippen LogP contribution in [0.2, 0.25) is 0 Å². The van der Waals surface area contributed by atoms with E-state index in [-0.39, 0.29) is 16.9 Å². The number of carbonyl (C=O) groups is 2. The minimum atomic E-state index is -0.469. The average Bonchev–Trinajstić information content (AvgIpc) is 3.16. The van der Waals surface area contributed by atoms with Crippen LogP contribution in [0.5, 0.6) is 0 Å². The van der Waals surface area contributed by atoms with Crippen molar-refractivity contribution in [2.24, 2.45) is 23.0 Å². The Kier molecular flexibility index (Phi) is 3.44. The van der Waals surface area contributed by atoms with Crippen LogP contribution in [0.3, 0.4) is 0 Å². The van der Waals surface area contributed by atoms with Gasteiger partial charge in [-0.3, -0.25) is 9.59 Å². The van der Waals surface area contributed by atoms with Gasteiger partial charge in [0.05, 0.1) is 11.0 Å². The summed E-state index contributed by atoms with van der Waals surface area (Å²) >= 11 is 0. The quantitative estimate of drug-likeness (QED) is 0.868. The van der Waals surface area contributed by atoms with Gasteiger partial charge in [0, 0.05) is 11.3 Å².